The highest BCUT2D eigenvalue weighted by Gasteiger charge is 2.16. The summed E-state index contributed by atoms with van der Waals surface area (Å²) in [5, 5.41) is 2.76. The van der Waals surface area contributed by atoms with Gasteiger partial charge in [-0.15, -0.1) is 0 Å². The molecule has 6 nitrogen and oxygen atoms in total. The lowest BCUT2D eigenvalue weighted by molar-refractivity contribution is -0.124. The Kier molecular flexibility index (Phi) is 6.80. The molecule has 0 aliphatic carbocycles. The van der Waals surface area contributed by atoms with Crippen LogP contribution in [0.4, 0.5) is 0 Å². The van der Waals surface area contributed by atoms with E-state index in [2.05, 4.69) is 5.32 Å². The molecule has 0 saturated carbocycles. The molecule has 0 aliphatic heterocycles. The zero-order chi connectivity index (χ0) is 21.5. The Labute approximate surface area is 174 Å². The summed E-state index contributed by atoms with van der Waals surface area (Å²) >= 11 is 0. The van der Waals surface area contributed by atoms with Gasteiger partial charge >= 0.3 is 5.97 Å². The van der Waals surface area contributed by atoms with Gasteiger partial charge in [0.25, 0.3) is 5.91 Å². The van der Waals surface area contributed by atoms with Gasteiger partial charge in [0.2, 0.25) is 5.76 Å². The molecule has 3 rings (SSSR count). The van der Waals surface area contributed by atoms with Crippen LogP contribution in [0.5, 0.6) is 0 Å². The Bertz CT molecular complexity index is 1020. The van der Waals surface area contributed by atoms with Crippen LogP contribution in [0.3, 0.4) is 0 Å². The molecular formula is C24H23NO5. The molecule has 1 heterocycles. The summed E-state index contributed by atoms with van der Waals surface area (Å²) < 4.78 is 10.6. The summed E-state index contributed by atoms with van der Waals surface area (Å²) in [5.41, 5.74) is 2.44. The quantitative estimate of drug-likeness (QED) is 0.448. The predicted octanol–water partition coefficient (Wildman–Crippen LogP) is 4.23. The first-order chi connectivity index (χ1) is 14.4. The normalized spacial score (nSPS) is 11.5. The highest BCUT2D eigenvalue weighted by molar-refractivity contribution is 5.94. The molecule has 0 saturated heterocycles. The van der Waals surface area contributed by atoms with Crippen LogP contribution in [0.15, 0.2) is 71.1 Å². The highest BCUT2D eigenvalue weighted by atomic mass is 16.5. The van der Waals surface area contributed by atoms with Crippen LogP contribution in [0, 0.1) is 0 Å². The topological polar surface area (TPSA) is 85.6 Å². The lowest BCUT2D eigenvalue weighted by Crippen LogP contribution is -2.31. The molecule has 1 atom stereocenters. The molecule has 0 aliphatic rings. The van der Waals surface area contributed by atoms with Gasteiger partial charge in [0.05, 0.1) is 0 Å². The average Bonchev–Trinajstić information content (AvgIpc) is 3.27. The van der Waals surface area contributed by atoms with Gasteiger partial charge in [-0.3, -0.25) is 9.59 Å². The van der Waals surface area contributed by atoms with Gasteiger partial charge in [-0.25, -0.2) is 4.79 Å². The monoisotopic (exact) mass is 405 g/mol. The van der Waals surface area contributed by atoms with Crippen molar-refractivity contribution in [2.45, 2.75) is 19.8 Å². The minimum absolute atomic E-state index is 0.00565. The van der Waals surface area contributed by atoms with Gasteiger partial charge < -0.3 is 14.5 Å². The number of carbonyl (C=O) groups excluding carboxylic acids is 3. The van der Waals surface area contributed by atoms with Crippen molar-refractivity contribution < 1.29 is 23.5 Å². The Morgan fingerprint density at radius 2 is 1.67 bits per heavy atom. The van der Waals surface area contributed by atoms with Crippen LogP contribution in [-0.2, 0) is 9.53 Å². The number of hydrogen-bond acceptors (Lipinski definition) is 5. The number of ether oxygens (including phenoxy) is 1. The molecule has 30 heavy (non-hydrogen) atoms. The Morgan fingerprint density at radius 3 is 2.33 bits per heavy atom. The fourth-order valence-electron chi connectivity index (χ4n) is 2.89. The van der Waals surface area contributed by atoms with Crippen LogP contribution in [0.2, 0.25) is 0 Å². The second-order valence-electron chi connectivity index (χ2n) is 6.99. The number of esters is 1. The maximum absolute atomic E-state index is 12.2. The summed E-state index contributed by atoms with van der Waals surface area (Å²) in [7, 11) is 0. The van der Waals surface area contributed by atoms with Gasteiger partial charge in [0.15, 0.2) is 12.4 Å². The number of ketones is 1. The summed E-state index contributed by atoms with van der Waals surface area (Å²) in [6.45, 7) is 3.56. The van der Waals surface area contributed by atoms with Crippen LogP contribution in [0.1, 0.15) is 46.2 Å². The summed E-state index contributed by atoms with van der Waals surface area (Å²) in [6, 6.07) is 19.8. The molecule has 154 valence electrons. The van der Waals surface area contributed by atoms with Crippen molar-refractivity contribution in [2.75, 3.05) is 13.2 Å². The Hall–Kier alpha value is -3.67. The lowest BCUT2D eigenvalue weighted by atomic mass is 10.0. The SMILES string of the molecule is CC(=O)c1ccc(-c2ccc(C(=O)OCC(=O)NC[C@@H](C)c3ccccc3)o2)cc1. The number of benzene rings is 2. The summed E-state index contributed by atoms with van der Waals surface area (Å²) in [5.74, 6) is -0.496. The van der Waals surface area contributed by atoms with Crippen molar-refractivity contribution in [3.05, 3.63) is 83.6 Å². The number of Topliss-reactive ketones (excluding diaryl/α,β-unsaturated/α-hetero) is 1. The molecular weight excluding hydrogens is 382 g/mol. The summed E-state index contributed by atoms with van der Waals surface area (Å²) in [6.07, 6.45) is 0. The zero-order valence-corrected chi connectivity index (χ0v) is 16.9. The van der Waals surface area contributed by atoms with Gasteiger partial charge in [0.1, 0.15) is 5.76 Å². The maximum Gasteiger partial charge on any atom is 0.374 e. The van der Waals surface area contributed by atoms with E-state index in [1.807, 2.05) is 37.3 Å². The summed E-state index contributed by atoms with van der Waals surface area (Å²) in [4.78, 5) is 35.5. The van der Waals surface area contributed by atoms with Gasteiger partial charge in [0, 0.05) is 17.7 Å². The van der Waals surface area contributed by atoms with E-state index in [1.165, 1.54) is 13.0 Å². The van der Waals surface area contributed by atoms with E-state index in [0.29, 0.717) is 17.9 Å². The number of nitrogens with one attached hydrogen (secondary N) is 1. The highest BCUT2D eigenvalue weighted by Crippen LogP contribution is 2.23. The molecule has 1 N–H and O–H groups in total. The van der Waals surface area contributed by atoms with E-state index in [-0.39, 0.29) is 30.0 Å². The van der Waals surface area contributed by atoms with E-state index in [1.54, 1.807) is 30.3 Å². The third-order valence-corrected chi connectivity index (χ3v) is 4.69. The largest absolute Gasteiger partial charge is 0.450 e. The van der Waals surface area contributed by atoms with Crippen LogP contribution >= 0.6 is 0 Å². The molecule has 2 aromatic carbocycles. The number of furan rings is 1. The zero-order valence-electron chi connectivity index (χ0n) is 16.9. The molecule has 1 amide bonds. The van der Waals surface area contributed by atoms with Gasteiger partial charge in [-0.2, -0.15) is 0 Å². The fraction of sp³-hybridized carbons (Fsp3) is 0.208. The van der Waals surface area contributed by atoms with Crippen molar-refractivity contribution in [3.63, 3.8) is 0 Å². The second kappa shape index (κ2) is 9.69. The lowest BCUT2D eigenvalue weighted by Gasteiger charge is -2.13. The first-order valence-electron chi connectivity index (χ1n) is 9.64. The first kappa shape index (κ1) is 21.0. The average molecular weight is 405 g/mol. The van der Waals surface area contributed by atoms with Crippen LogP contribution < -0.4 is 5.32 Å². The van der Waals surface area contributed by atoms with Crippen LogP contribution in [-0.4, -0.2) is 30.8 Å². The number of amides is 1. The smallest absolute Gasteiger partial charge is 0.374 e. The Balaban J connectivity index is 1.49. The third kappa shape index (κ3) is 5.44. The number of hydrogen-bond donors (Lipinski definition) is 1. The van der Waals surface area contributed by atoms with Crippen LogP contribution in [0.25, 0.3) is 11.3 Å². The second-order valence-corrected chi connectivity index (χ2v) is 6.99. The maximum atomic E-state index is 12.2. The molecule has 6 heteroatoms. The minimum atomic E-state index is -0.715. The van der Waals surface area contributed by atoms with E-state index < -0.39 is 5.97 Å². The molecule has 0 radical (unpaired) electrons. The fourth-order valence-corrected chi connectivity index (χ4v) is 2.89. The molecule has 0 unspecified atom stereocenters. The van der Waals surface area contributed by atoms with Crippen molar-refractivity contribution >= 4 is 17.7 Å². The van der Waals surface area contributed by atoms with Crippen molar-refractivity contribution in [1.29, 1.82) is 0 Å². The molecule has 1 aromatic heterocycles. The molecule has 0 bridgehead atoms. The number of carbonyl (C=O) groups is 3. The van der Waals surface area contributed by atoms with E-state index in [4.69, 9.17) is 9.15 Å². The van der Waals surface area contributed by atoms with E-state index in [0.717, 1.165) is 11.1 Å². The van der Waals surface area contributed by atoms with Crippen molar-refractivity contribution in [3.8, 4) is 11.3 Å². The third-order valence-electron chi connectivity index (χ3n) is 4.69. The number of rotatable bonds is 8. The standard InChI is InChI=1S/C24H23NO5/c1-16(18-6-4-3-5-7-18)14-25-23(27)15-29-24(28)22-13-12-21(30-22)20-10-8-19(9-11-20)17(2)26/h3-13,16H,14-15H2,1-2H3,(H,25,27)/t16-/m1/s1. The molecule has 0 spiro atoms. The molecule has 3 aromatic rings. The molecule has 0 fully saturated rings. The van der Waals surface area contributed by atoms with Crippen molar-refractivity contribution in [2.24, 2.45) is 0 Å². The first-order valence-corrected chi connectivity index (χ1v) is 9.64. The van der Waals surface area contributed by atoms with E-state index >= 15 is 0 Å². The van der Waals surface area contributed by atoms with E-state index in [9.17, 15) is 14.4 Å². The predicted molar refractivity (Wildman–Crippen MR) is 112 cm³/mol. The van der Waals surface area contributed by atoms with Gasteiger partial charge in [-0.05, 0) is 30.5 Å². The minimum Gasteiger partial charge on any atom is -0.450 e. The Morgan fingerprint density at radius 1 is 0.967 bits per heavy atom. The van der Waals surface area contributed by atoms with Gasteiger partial charge in [-0.1, -0.05) is 61.5 Å². The van der Waals surface area contributed by atoms with Crippen molar-refractivity contribution in [1.82, 2.24) is 5.32 Å².